The Balaban J connectivity index is 1.68. The van der Waals surface area contributed by atoms with E-state index in [1.54, 1.807) is 19.0 Å². The van der Waals surface area contributed by atoms with Crippen molar-refractivity contribution < 1.29 is 4.79 Å². The molecule has 1 N–H and O–H groups in total. The lowest BCUT2D eigenvalue weighted by Crippen LogP contribution is -2.45. The van der Waals surface area contributed by atoms with Gasteiger partial charge in [0.2, 0.25) is 5.91 Å². The van der Waals surface area contributed by atoms with Crippen LogP contribution in [0, 0.1) is 6.92 Å². The van der Waals surface area contributed by atoms with E-state index in [1.807, 2.05) is 13.1 Å². The summed E-state index contributed by atoms with van der Waals surface area (Å²) in [6.07, 6.45) is 1.94. The van der Waals surface area contributed by atoms with E-state index in [4.69, 9.17) is 0 Å². The number of amides is 1. The van der Waals surface area contributed by atoms with Crippen LogP contribution in [0.4, 0.5) is 0 Å². The molecule has 1 amide bonds. The number of rotatable bonds is 3. The molecule has 1 unspecified atom stereocenters. The molecule has 1 aromatic carbocycles. The summed E-state index contributed by atoms with van der Waals surface area (Å²) in [6, 6.07) is 8.04. The number of nitrogens with zero attached hydrogens (tertiary/aromatic N) is 5. The molecule has 2 aromatic heterocycles. The molecule has 0 radical (unpaired) electrons. The molecule has 3 aromatic rings. The van der Waals surface area contributed by atoms with E-state index in [1.165, 1.54) is 10.9 Å². The lowest BCUT2D eigenvalue weighted by atomic mass is 10.1. The van der Waals surface area contributed by atoms with E-state index in [0.29, 0.717) is 6.54 Å². The Morgan fingerprint density at radius 3 is 2.92 bits per heavy atom. The molecule has 1 aliphatic rings. The Bertz CT molecular complexity index is 925. The maximum atomic E-state index is 12.8. The number of hydrogen-bond donors (Lipinski definition) is 1. The maximum Gasteiger partial charge on any atom is 0.247 e. The van der Waals surface area contributed by atoms with Crippen LogP contribution in [0.15, 0.2) is 30.5 Å². The van der Waals surface area contributed by atoms with Crippen molar-refractivity contribution >= 4 is 16.8 Å². The van der Waals surface area contributed by atoms with Gasteiger partial charge in [0.1, 0.15) is 5.82 Å². The van der Waals surface area contributed by atoms with E-state index in [0.717, 1.165) is 30.3 Å². The van der Waals surface area contributed by atoms with E-state index in [2.05, 4.69) is 48.9 Å². The van der Waals surface area contributed by atoms with Gasteiger partial charge in [-0.25, -0.2) is 0 Å². The minimum Gasteiger partial charge on any atom is -0.361 e. The number of benzene rings is 1. The highest BCUT2D eigenvalue weighted by molar-refractivity contribution is 5.82. The van der Waals surface area contributed by atoms with Gasteiger partial charge >= 0.3 is 0 Å². The molecule has 0 spiro atoms. The number of aromatic amines is 1. The summed E-state index contributed by atoms with van der Waals surface area (Å²) in [5.41, 5.74) is 2.29. The van der Waals surface area contributed by atoms with Crippen LogP contribution in [0.25, 0.3) is 10.9 Å². The second-order valence-corrected chi connectivity index (χ2v) is 6.76. The van der Waals surface area contributed by atoms with E-state index >= 15 is 0 Å². The second kappa shape index (κ2) is 6.00. The van der Waals surface area contributed by atoms with E-state index in [9.17, 15) is 4.79 Å². The number of carbonyl (C=O) groups excluding carboxylic acids is 1. The highest BCUT2D eigenvalue weighted by atomic mass is 16.2. The summed E-state index contributed by atoms with van der Waals surface area (Å²) in [7, 11) is 3.57. The molecule has 0 fully saturated rings. The summed E-state index contributed by atoms with van der Waals surface area (Å²) < 4.78 is 2.05. The molecular formula is C18H22N6O. The highest BCUT2D eigenvalue weighted by Crippen LogP contribution is 2.28. The molecule has 7 heteroatoms. The first-order valence-corrected chi connectivity index (χ1v) is 8.45. The van der Waals surface area contributed by atoms with Crippen LogP contribution in [0.3, 0.4) is 0 Å². The number of aryl methyl sites for hydroxylation is 1. The average molecular weight is 338 g/mol. The van der Waals surface area contributed by atoms with Crippen molar-refractivity contribution in [2.75, 3.05) is 20.6 Å². The van der Waals surface area contributed by atoms with Crippen molar-refractivity contribution in [3.63, 3.8) is 0 Å². The van der Waals surface area contributed by atoms with Gasteiger partial charge in [-0.3, -0.25) is 9.69 Å². The summed E-state index contributed by atoms with van der Waals surface area (Å²) in [5, 5.41) is 9.66. The first-order valence-electron chi connectivity index (χ1n) is 8.45. The summed E-state index contributed by atoms with van der Waals surface area (Å²) in [6.45, 7) is 4.22. The van der Waals surface area contributed by atoms with Gasteiger partial charge < -0.3 is 14.5 Å². The van der Waals surface area contributed by atoms with Gasteiger partial charge in [-0.15, -0.1) is 10.2 Å². The van der Waals surface area contributed by atoms with E-state index in [-0.39, 0.29) is 5.91 Å². The quantitative estimate of drug-likeness (QED) is 0.789. The number of nitrogens with one attached hydrogen (secondary N) is 1. The first-order chi connectivity index (χ1) is 12.0. The number of fused-ring (bicyclic) bond motifs is 2. The molecule has 1 atom stereocenters. The van der Waals surface area contributed by atoms with Crippen molar-refractivity contribution in [3.05, 3.63) is 47.7 Å². The van der Waals surface area contributed by atoms with Gasteiger partial charge in [0.15, 0.2) is 11.9 Å². The smallest absolute Gasteiger partial charge is 0.247 e. The fraction of sp³-hybridized carbons (Fsp3) is 0.389. The van der Waals surface area contributed by atoms with Crippen LogP contribution >= 0.6 is 0 Å². The minimum atomic E-state index is -0.399. The lowest BCUT2D eigenvalue weighted by Gasteiger charge is -2.36. The largest absolute Gasteiger partial charge is 0.361 e. The zero-order valence-corrected chi connectivity index (χ0v) is 14.7. The van der Waals surface area contributed by atoms with E-state index < -0.39 is 6.04 Å². The normalized spacial score (nSPS) is 17.6. The summed E-state index contributed by atoms with van der Waals surface area (Å²) >= 11 is 0. The molecule has 130 valence electrons. The van der Waals surface area contributed by atoms with Gasteiger partial charge in [0.05, 0.1) is 0 Å². The van der Waals surface area contributed by atoms with Gasteiger partial charge in [-0.05, 0) is 30.0 Å². The van der Waals surface area contributed by atoms with Crippen molar-refractivity contribution in [1.82, 2.24) is 29.5 Å². The third kappa shape index (κ3) is 2.70. The summed E-state index contributed by atoms with van der Waals surface area (Å²) in [4.78, 5) is 19.9. The second-order valence-electron chi connectivity index (χ2n) is 6.76. The Hall–Kier alpha value is -2.67. The standard InChI is InChI=1S/C18H22N6O/c1-12-20-21-17-16(18(25)22(2)3)23(8-9-24(12)17)11-13-4-5-14-6-7-19-15(14)10-13/h4-7,10,16,19H,8-9,11H2,1-3H3. The Kier molecular flexibility index (Phi) is 3.80. The van der Waals surface area contributed by atoms with Crippen LogP contribution in [0.2, 0.25) is 0 Å². The molecule has 4 rings (SSSR count). The predicted octanol–water partition coefficient (Wildman–Crippen LogP) is 1.71. The monoisotopic (exact) mass is 338 g/mol. The Morgan fingerprint density at radius 1 is 1.28 bits per heavy atom. The van der Waals surface area contributed by atoms with Crippen LogP contribution in [-0.4, -0.2) is 56.1 Å². The van der Waals surface area contributed by atoms with Crippen LogP contribution in [0.5, 0.6) is 0 Å². The van der Waals surface area contributed by atoms with Crippen molar-refractivity contribution in [2.45, 2.75) is 26.1 Å². The molecular weight excluding hydrogens is 316 g/mol. The number of H-pyrrole nitrogens is 1. The SMILES string of the molecule is Cc1nnc2n1CCN(Cc1ccc3cc[nH]c3c1)C2C(=O)N(C)C. The van der Waals surface area contributed by atoms with Crippen LogP contribution in [-0.2, 0) is 17.9 Å². The van der Waals surface area contributed by atoms with Crippen molar-refractivity contribution in [3.8, 4) is 0 Å². The topological polar surface area (TPSA) is 70.0 Å². The molecule has 3 heterocycles. The Morgan fingerprint density at radius 2 is 2.12 bits per heavy atom. The zero-order valence-electron chi connectivity index (χ0n) is 14.7. The fourth-order valence-corrected chi connectivity index (χ4v) is 3.51. The maximum absolute atomic E-state index is 12.8. The highest BCUT2D eigenvalue weighted by Gasteiger charge is 2.36. The number of carbonyl (C=O) groups is 1. The molecule has 1 aliphatic heterocycles. The third-order valence-electron chi connectivity index (χ3n) is 4.86. The number of likely N-dealkylation sites (N-methyl/N-ethyl adjacent to an activating group) is 1. The molecule has 0 saturated carbocycles. The number of hydrogen-bond acceptors (Lipinski definition) is 4. The molecule has 0 bridgehead atoms. The van der Waals surface area contributed by atoms with Gasteiger partial charge in [0.25, 0.3) is 0 Å². The van der Waals surface area contributed by atoms with Crippen LogP contribution < -0.4 is 0 Å². The molecule has 0 saturated heterocycles. The van der Waals surface area contributed by atoms with Crippen molar-refractivity contribution in [1.29, 1.82) is 0 Å². The lowest BCUT2D eigenvalue weighted by molar-refractivity contribution is -0.136. The summed E-state index contributed by atoms with van der Waals surface area (Å²) in [5.74, 6) is 1.64. The van der Waals surface area contributed by atoms with Crippen molar-refractivity contribution in [2.24, 2.45) is 0 Å². The molecule has 7 nitrogen and oxygen atoms in total. The van der Waals surface area contributed by atoms with Crippen LogP contribution in [0.1, 0.15) is 23.3 Å². The average Bonchev–Trinajstić information content (AvgIpc) is 3.20. The third-order valence-corrected chi connectivity index (χ3v) is 4.86. The van der Waals surface area contributed by atoms with Gasteiger partial charge in [-0.2, -0.15) is 0 Å². The molecule has 0 aliphatic carbocycles. The van der Waals surface area contributed by atoms with Gasteiger partial charge in [0, 0.05) is 45.4 Å². The number of aromatic nitrogens is 4. The predicted molar refractivity (Wildman–Crippen MR) is 94.9 cm³/mol. The zero-order chi connectivity index (χ0) is 17.6. The first kappa shape index (κ1) is 15.8. The Labute approximate surface area is 146 Å². The molecule has 25 heavy (non-hydrogen) atoms. The van der Waals surface area contributed by atoms with Gasteiger partial charge in [-0.1, -0.05) is 12.1 Å². The fourth-order valence-electron chi connectivity index (χ4n) is 3.51. The minimum absolute atomic E-state index is 0.0364.